The van der Waals surface area contributed by atoms with Crippen molar-refractivity contribution >= 4 is 23.1 Å². The molecule has 1 saturated heterocycles. The Labute approximate surface area is 128 Å². The van der Waals surface area contributed by atoms with Gasteiger partial charge in [0.15, 0.2) is 0 Å². The van der Waals surface area contributed by atoms with Gasteiger partial charge in [-0.1, -0.05) is 0 Å². The van der Waals surface area contributed by atoms with Gasteiger partial charge in [-0.25, -0.2) is 4.79 Å². The molecule has 0 aromatic carbocycles. The molecule has 0 saturated carbocycles. The molecule has 21 heavy (non-hydrogen) atoms. The van der Waals surface area contributed by atoms with Gasteiger partial charge in [-0.2, -0.15) is 0 Å². The van der Waals surface area contributed by atoms with Gasteiger partial charge in [0.1, 0.15) is 10.7 Å². The van der Waals surface area contributed by atoms with E-state index in [2.05, 4.69) is 4.90 Å². The molecular formula is C15H21NO4S. The van der Waals surface area contributed by atoms with Crippen LogP contribution in [0.3, 0.4) is 0 Å². The van der Waals surface area contributed by atoms with E-state index in [4.69, 9.17) is 4.74 Å². The Morgan fingerprint density at radius 1 is 1.43 bits per heavy atom. The highest BCUT2D eigenvalue weighted by Gasteiger charge is 2.19. The fourth-order valence-electron chi connectivity index (χ4n) is 2.32. The number of Topliss-reactive ketones (excluding diaryl/α,β-unsaturated/α-hetero) is 1. The Hall–Kier alpha value is -1.24. The molecule has 5 nitrogen and oxygen atoms in total. The van der Waals surface area contributed by atoms with Gasteiger partial charge in [0, 0.05) is 37.4 Å². The molecule has 1 fully saturated rings. The third kappa shape index (κ3) is 4.62. The fourth-order valence-corrected chi connectivity index (χ4v) is 3.24. The van der Waals surface area contributed by atoms with Crippen molar-refractivity contribution in [2.75, 3.05) is 26.2 Å². The first-order valence-electron chi connectivity index (χ1n) is 7.29. The van der Waals surface area contributed by atoms with Crippen LogP contribution in [-0.4, -0.2) is 48.0 Å². The molecule has 1 aromatic rings. The lowest BCUT2D eigenvalue weighted by Gasteiger charge is -2.26. The Balaban J connectivity index is 1.81. The second kappa shape index (κ2) is 7.68. The number of hydrogen-bond acceptors (Lipinski definition) is 6. The SMILES string of the molecule is CCOC(=O)c1ccc(C(O)CCN2CCC(=O)CC2)s1. The average Bonchev–Trinajstić information content (AvgIpc) is 2.96. The molecule has 1 N–H and O–H groups in total. The second-order valence-electron chi connectivity index (χ2n) is 5.11. The van der Waals surface area contributed by atoms with Crippen LogP contribution in [0.25, 0.3) is 0 Å². The minimum atomic E-state index is -0.573. The summed E-state index contributed by atoms with van der Waals surface area (Å²) in [6.45, 7) is 4.45. The van der Waals surface area contributed by atoms with Crippen LogP contribution in [0.5, 0.6) is 0 Å². The molecule has 0 amide bonds. The van der Waals surface area contributed by atoms with Crippen molar-refractivity contribution < 1.29 is 19.4 Å². The summed E-state index contributed by atoms with van der Waals surface area (Å²) in [5, 5.41) is 10.2. The number of nitrogens with zero attached hydrogens (tertiary/aromatic N) is 1. The number of likely N-dealkylation sites (tertiary alicyclic amines) is 1. The maximum Gasteiger partial charge on any atom is 0.348 e. The topological polar surface area (TPSA) is 66.8 Å². The molecule has 1 aromatic heterocycles. The molecular weight excluding hydrogens is 290 g/mol. The van der Waals surface area contributed by atoms with Crippen LogP contribution in [0.4, 0.5) is 0 Å². The van der Waals surface area contributed by atoms with E-state index >= 15 is 0 Å². The summed E-state index contributed by atoms with van der Waals surface area (Å²) >= 11 is 1.28. The fraction of sp³-hybridized carbons (Fsp3) is 0.600. The second-order valence-corrected chi connectivity index (χ2v) is 6.22. The van der Waals surface area contributed by atoms with E-state index in [0.29, 0.717) is 36.5 Å². The van der Waals surface area contributed by atoms with Crippen molar-refractivity contribution in [2.24, 2.45) is 0 Å². The van der Waals surface area contributed by atoms with Crippen LogP contribution < -0.4 is 0 Å². The van der Waals surface area contributed by atoms with E-state index in [1.807, 2.05) is 0 Å². The maximum absolute atomic E-state index is 11.6. The Bertz CT molecular complexity index is 490. The molecule has 0 radical (unpaired) electrons. The highest BCUT2D eigenvalue weighted by atomic mass is 32.1. The summed E-state index contributed by atoms with van der Waals surface area (Å²) < 4.78 is 4.94. The first kappa shape index (κ1) is 16.1. The Morgan fingerprint density at radius 2 is 2.14 bits per heavy atom. The van der Waals surface area contributed by atoms with Crippen molar-refractivity contribution in [1.29, 1.82) is 0 Å². The van der Waals surface area contributed by atoms with E-state index < -0.39 is 6.10 Å². The zero-order valence-electron chi connectivity index (χ0n) is 12.2. The largest absolute Gasteiger partial charge is 0.462 e. The number of rotatable bonds is 6. The van der Waals surface area contributed by atoms with Crippen molar-refractivity contribution in [3.63, 3.8) is 0 Å². The van der Waals surface area contributed by atoms with Crippen LogP contribution >= 0.6 is 11.3 Å². The van der Waals surface area contributed by atoms with Gasteiger partial charge in [-0.05, 0) is 25.5 Å². The predicted octanol–water partition coefficient (Wildman–Crippen LogP) is 2.01. The van der Waals surface area contributed by atoms with Gasteiger partial charge in [0.25, 0.3) is 0 Å². The number of piperidine rings is 1. The molecule has 116 valence electrons. The number of aliphatic hydroxyl groups excluding tert-OH is 1. The van der Waals surface area contributed by atoms with Crippen LogP contribution in [0.1, 0.15) is 46.8 Å². The van der Waals surface area contributed by atoms with Crippen LogP contribution in [-0.2, 0) is 9.53 Å². The summed E-state index contributed by atoms with van der Waals surface area (Å²) in [5.74, 6) is -0.0142. The number of thiophene rings is 1. The van der Waals surface area contributed by atoms with Gasteiger partial charge in [-0.15, -0.1) is 11.3 Å². The minimum absolute atomic E-state index is 0.323. The quantitative estimate of drug-likeness (QED) is 0.814. The third-order valence-corrected chi connectivity index (χ3v) is 4.73. The standard InChI is InChI=1S/C15H21NO4S/c1-2-20-15(19)14-4-3-13(21-14)12(18)7-10-16-8-5-11(17)6-9-16/h3-4,12,18H,2,5-10H2,1H3. The van der Waals surface area contributed by atoms with Crippen LogP contribution in [0, 0.1) is 0 Å². The van der Waals surface area contributed by atoms with E-state index in [-0.39, 0.29) is 5.97 Å². The smallest absolute Gasteiger partial charge is 0.348 e. The minimum Gasteiger partial charge on any atom is -0.462 e. The summed E-state index contributed by atoms with van der Waals surface area (Å²) in [7, 11) is 0. The zero-order chi connectivity index (χ0) is 15.2. The van der Waals surface area contributed by atoms with Gasteiger partial charge >= 0.3 is 5.97 Å². The Kier molecular flexibility index (Phi) is 5.90. The maximum atomic E-state index is 11.6. The molecule has 1 aliphatic rings. The van der Waals surface area contributed by atoms with E-state index in [0.717, 1.165) is 24.5 Å². The van der Waals surface area contributed by atoms with Gasteiger partial charge in [0.05, 0.1) is 12.7 Å². The first-order chi connectivity index (χ1) is 10.1. The summed E-state index contributed by atoms with van der Waals surface area (Å²) in [6, 6.07) is 3.47. The summed E-state index contributed by atoms with van der Waals surface area (Å²) in [5.41, 5.74) is 0. The molecule has 1 atom stereocenters. The molecule has 0 aliphatic carbocycles. The normalized spacial score (nSPS) is 17.7. The Morgan fingerprint density at radius 3 is 2.81 bits per heavy atom. The lowest BCUT2D eigenvalue weighted by molar-refractivity contribution is -0.121. The van der Waals surface area contributed by atoms with Crippen LogP contribution in [0.2, 0.25) is 0 Å². The number of esters is 1. The van der Waals surface area contributed by atoms with Gasteiger partial charge in [0.2, 0.25) is 0 Å². The van der Waals surface area contributed by atoms with Crippen molar-refractivity contribution in [2.45, 2.75) is 32.3 Å². The number of carbonyl (C=O) groups is 2. The van der Waals surface area contributed by atoms with Crippen molar-refractivity contribution in [3.05, 3.63) is 21.9 Å². The van der Waals surface area contributed by atoms with E-state index in [1.54, 1.807) is 19.1 Å². The van der Waals surface area contributed by atoms with Crippen LogP contribution in [0.15, 0.2) is 12.1 Å². The average molecular weight is 311 g/mol. The zero-order valence-corrected chi connectivity index (χ0v) is 13.0. The third-order valence-electron chi connectivity index (χ3n) is 3.56. The van der Waals surface area contributed by atoms with E-state index in [9.17, 15) is 14.7 Å². The van der Waals surface area contributed by atoms with Crippen molar-refractivity contribution in [1.82, 2.24) is 4.90 Å². The number of hydrogen-bond donors (Lipinski definition) is 1. The lowest BCUT2D eigenvalue weighted by atomic mass is 10.1. The van der Waals surface area contributed by atoms with Gasteiger partial charge < -0.3 is 14.7 Å². The number of ketones is 1. The highest BCUT2D eigenvalue weighted by molar-refractivity contribution is 7.14. The molecule has 2 rings (SSSR count). The highest BCUT2D eigenvalue weighted by Crippen LogP contribution is 2.26. The summed E-state index contributed by atoms with van der Waals surface area (Å²) in [4.78, 5) is 26.3. The van der Waals surface area contributed by atoms with Gasteiger partial charge in [-0.3, -0.25) is 4.79 Å². The molecule has 6 heteroatoms. The number of aliphatic hydroxyl groups is 1. The first-order valence-corrected chi connectivity index (χ1v) is 8.10. The summed E-state index contributed by atoms with van der Waals surface area (Å²) in [6.07, 6.45) is 1.26. The molecule has 0 spiro atoms. The molecule has 1 aliphatic heterocycles. The van der Waals surface area contributed by atoms with Crippen molar-refractivity contribution in [3.8, 4) is 0 Å². The molecule has 2 heterocycles. The predicted molar refractivity (Wildman–Crippen MR) is 80.5 cm³/mol. The molecule has 1 unspecified atom stereocenters. The van der Waals surface area contributed by atoms with E-state index in [1.165, 1.54) is 11.3 Å². The number of ether oxygens (including phenoxy) is 1. The monoisotopic (exact) mass is 311 g/mol. The number of carbonyl (C=O) groups excluding carboxylic acids is 2. The molecule has 0 bridgehead atoms. The lowest BCUT2D eigenvalue weighted by Crippen LogP contribution is -2.35.